The Balaban J connectivity index is 1.81. The highest BCUT2D eigenvalue weighted by atomic mass is 16.5. The van der Waals surface area contributed by atoms with Crippen molar-refractivity contribution in [3.8, 4) is 5.75 Å². The van der Waals surface area contributed by atoms with E-state index in [2.05, 4.69) is 5.32 Å². The largest absolute Gasteiger partial charge is 0.482 e. The van der Waals surface area contributed by atoms with Gasteiger partial charge in [-0.3, -0.25) is 19.3 Å². The fraction of sp³-hybridized carbons (Fsp3) is 0.500. The zero-order chi connectivity index (χ0) is 18.0. The maximum absolute atomic E-state index is 12.4. The van der Waals surface area contributed by atoms with Crippen LogP contribution in [0.25, 0.3) is 0 Å². The van der Waals surface area contributed by atoms with Crippen LogP contribution >= 0.6 is 0 Å². The number of rotatable bonds is 6. The number of carbonyl (C=O) groups excluding carboxylic acids is 3. The van der Waals surface area contributed by atoms with Gasteiger partial charge in [0.2, 0.25) is 11.8 Å². The monoisotopic (exact) mass is 345 g/mol. The molecule has 3 amide bonds. The smallest absolute Gasteiger partial charge is 0.265 e. The van der Waals surface area contributed by atoms with E-state index in [4.69, 9.17) is 4.74 Å². The first-order valence-corrected chi connectivity index (χ1v) is 8.69. The Labute approximate surface area is 146 Å². The van der Waals surface area contributed by atoms with Gasteiger partial charge in [-0.1, -0.05) is 0 Å². The third-order valence-electron chi connectivity index (χ3n) is 4.53. The highest BCUT2D eigenvalue weighted by molar-refractivity contribution is 6.03. The average molecular weight is 345 g/mol. The van der Waals surface area contributed by atoms with E-state index in [1.807, 2.05) is 13.8 Å². The summed E-state index contributed by atoms with van der Waals surface area (Å²) in [5.41, 5.74) is 1.12. The first kappa shape index (κ1) is 17.3. The molecule has 3 rings (SSSR count). The van der Waals surface area contributed by atoms with E-state index in [1.165, 1.54) is 4.90 Å². The predicted octanol–water partition coefficient (Wildman–Crippen LogP) is 1.63. The van der Waals surface area contributed by atoms with E-state index in [9.17, 15) is 14.4 Å². The van der Waals surface area contributed by atoms with E-state index in [0.29, 0.717) is 30.2 Å². The summed E-state index contributed by atoms with van der Waals surface area (Å²) in [6, 6.07) is 5.17. The third kappa shape index (κ3) is 3.75. The van der Waals surface area contributed by atoms with Crippen LogP contribution in [0, 0.1) is 5.92 Å². The van der Waals surface area contributed by atoms with Gasteiger partial charge in [0.15, 0.2) is 6.61 Å². The van der Waals surface area contributed by atoms with E-state index in [-0.39, 0.29) is 36.8 Å². The molecule has 1 heterocycles. The molecule has 0 atom stereocenters. The molecular formula is C18H23N3O4. The number of anilines is 2. The number of carbonyl (C=O) groups is 3. The Morgan fingerprint density at radius 3 is 2.64 bits per heavy atom. The Morgan fingerprint density at radius 1 is 1.28 bits per heavy atom. The number of hydrogen-bond donors (Lipinski definition) is 1. The topological polar surface area (TPSA) is 79.0 Å². The van der Waals surface area contributed by atoms with Crippen LogP contribution in [0.1, 0.15) is 26.7 Å². The van der Waals surface area contributed by atoms with Crippen molar-refractivity contribution in [2.24, 2.45) is 5.92 Å². The lowest BCUT2D eigenvalue weighted by Gasteiger charge is -2.31. The van der Waals surface area contributed by atoms with E-state index in [0.717, 1.165) is 12.8 Å². The van der Waals surface area contributed by atoms with Crippen LogP contribution in [-0.4, -0.2) is 48.9 Å². The minimum atomic E-state index is -0.265. The number of likely N-dealkylation sites (N-methyl/N-ethyl adjacent to an activating group) is 1. The van der Waals surface area contributed by atoms with Gasteiger partial charge in [0, 0.05) is 24.7 Å². The van der Waals surface area contributed by atoms with Crippen molar-refractivity contribution in [3.63, 3.8) is 0 Å². The van der Waals surface area contributed by atoms with E-state index in [1.54, 1.807) is 23.1 Å². The molecular weight excluding hydrogens is 322 g/mol. The van der Waals surface area contributed by atoms with Crippen LogP contribution in [0.5, 0.6) is 5.75 Å². The molecule has 134 valence electrons. The number of fused-ring (bicyclic) bond motifs is 1. The van der Waals surface area contributed by atoms with Gasteiger partial charge in [-0.2, -0.15) is 0 Å². The van der Waals surface area contributed by atoms with Crippen molar-refractivity contribution in [3.05, 3.63) is 18.2 Å². The molecule has 1 saturated carbocycles. The van der Waals surface area contributed by atoms with Crippen molar-refractivity contribution in [2.75, 3.05) is 36.5 Å². The Morgan fingerprint density at radius 2 is 2.00 bits per heavy atom. The molecule has 0 radical (unpaired) electrons. The summed E-state index contributed by atoms with van der Waals surface area (Å²) < 4.78 is 5.45. The second-order valence-corrected chi connectivity index (χ2v) is 6.28. The van der Waals surface area contributed by atoms with Gasteiger partial charge in [0.05, 0.1) is 5.69 Å². The second kappa shape index (κ2) is 7.13. The summed E-state index contributed by atoms with van der Waals surface area (Å²) in [4.78, 5) is 39.8. The zero-order valence-corrected chi connectivity index (χ0v) is 14.6. The maximum Gasteiger partial charge on any atom is 0.265 e. The first-order chi connectivity index (χ1) is 12.0. The number of benzene rings is 1. The summed E-state index contributed by atoms with van der Waals surface area (Å²) >= 11 is 0. The summed E-state index contributed by atoms with van der Waals surface area (Å²) in [5, 5.41) is 2.86. The average Bonchev–Trinajstić information content (AvgIpc) is 3.44. The van der Waals surface area contributed by atoms with E-state index >= 15 is 0 Å². The van der Waals surface area contributed by atoms with Crippen LogP contribution in [0.3, 0.4) is 0 Å². The molecule has 0 saturated heterocycles. The highest BCUT2D eigenvalue weighted by Crippen LogP contribution is 2.36. The second-order valence-electron chi connectivity index (χ2n) is 6.28. The van der Waals surface area contributed by atoms with Crippen molar-refractivity contribution in [1.29, 1.82) is 0 Å². The van der Waals surface area contributed by atoms with Gasteiger partial charge in [0.25, 0.3) is 5.91 Å². The van der Waals surface area contributed by atoms with Crippen LogP contribution in [-0.2, 0) is 14.4 Å². The maximum atomic E-state index is 12.4. The first-order valence-electron chi connectivity index (χ1n) is 8.69. The molecule has 2 aliphatic rings. The standard InChI is InChI=1S/C18H23N3O4/c1-3-20(4-2)16(22)10-21-14-9-13(19-18(24)12-5-6-12)7-8-15(14)25-11-17(21)23/h7-9,12H,3-6,10-11H2,1-2H3,(H,19,24). The molecule has 0 unspecified atom stereocenters. The Hall–Kier alpha value is -2.57. The molecule has 1 aliphatic carbocycles. The van der Waals surface area contributed by atoms with Crippen LogP contribution < -0.4 is 15.0 Å². The SMILES string of the molecule is CCN(CC)C(=O)CN1C(=O)COc2ccc(NC(=O)C3CC3)cc21. The molecule has 1 N–H and O–H groups in total. The number of hydrogen-bond acceptors (Lipinski definition) is 4. The number of nitrogens with zero attached hydrogens (tertiary/aromatic N) is 2. The summed E-state index contributed by atoms with van der Waals surface area (Å²) in [6.07, 6.45) is 1.84. The fourth-order valence-corrected chi connectivity index (χ4v) is 2.85. The van der Waals surface area contributed by atoms with Crippen LogP contribution in [0.15, 0.2) is 18.2 Å². The zero-order valence-electron chi connectivity index (χ0n) is 14.6. The van der Waals surface area contributed by atoms with Gasteiger partial charge in [-0.15, -0.1) is 0 Å². The summed E-state index contributed by atoms with van der Waals surface area (Å²) in [7, 11) is 0. The van der Waals surface area contributed by atoms with Crippen LogP contribution in [0.2, 0.25) is 0 Å². The quantitative estimate of drug-likeness (QED) is 0.850. The Kier molecular flexibility index (Phi) is 4.92. The molecule has 1 aromatic rings. The van der Waals surface area contributed by atoms with Crippen molar-refractivity contribution in [1.82, 2.24) is 4.90 Å². The minimum absolute atomic E-state index is 0.00577. The van der Waals surface area contributed by atoms with Crippen LogP contribution in [0.4, 0.5) is 11.4 Å². The molecule has 0 aromatic heterocycles. The van der Waals surface area contributed by atoms with Gasteiger partial charge in [0.1, 0.15) is 12.3 Å². The highest BCUT2D eigenvalue weighted by Gasteiger charge is 2.31. The fourth-order valence-electron chi connectivity index (χ4n) is 2.85. The Bertz CT molecular complexity index is 696. The molecule has 1 fully saturated rings. The van der Waals surface area contributed by atoms with E-state index < -0.39 is 0 Å². The number of nitrogens with one attached hydrogen (secondary N) is 1. The molecule has 25 heavy (non-hydrogen) atoms. The lowest BCUT2D eigenvalue weighted by molar-refractivity contribution is -0.131. The third-order valence-corrected chi connectivity index (χ3v) is 4.53. The summed E-state index contributed by atoms with van der Waals surface area (Å²) in [6.45, 7) is 4.88. The van der Waals surface area contributed by atoms with Gasteiger partial charge >= 0.3 is 0 Å². The molecule has 1 aromatic carbocycles. The molecule has 0 spiro atoms. The normalized spacial score (nSPS) is 16.1. The van der Waals surface area contributed by atoms with Gasteiger partial charge in [-0.05, 0) is 44.9 Å². The van der Waals surface area contributed by atoms with Crippen molar-refractivity contribution < 1.29 is 19.1 Å². The number of amides is 3. The molecule has 7 heteroatoms. The molecule has 7 nitrogen and oxygen atoms in total. The predicted molar refractivity (Wildman–Crippen MR) is 93.6 cm³/mol. The lowest BCUT2D eigenvalue weighted by atomic mass is 10.2. The number of ether oxygens (including phenoxy) is 1. The summed E-state index contributed by atoms with van der Waals surface area (Å²) in [5.74, 6) is 0.247. The molecule has 0 bridgehead atoms. The van der Waals surface area contributed by atoms with Crippen molar-refractivity contribution in [2.45, 2.75) is 26.7 Å². The lowest BCUT2D eigenvalue weighted by Crippen LogP contribution is -2.46. The van der Waals surface area contributed by atoms with Crippen molar-refractivity contribution >= 4 is 29.1 Å². The molecule has 1 aliphatic heterocycles. The minimum Gasteiger partial charge on any atom is -0.482 e. The van der Waals surface area contributed by atoms with Gasteiger partial charge < -0.3 is 15.0 Å². The van der Waals surface area contributed by atoms with Gasteiger partial charge in [-0.25, -0.2) is 0 Å².